The van der Waals surface area contributed by atoms with Crippen LogP contribution in [0.4, 0.5) is 0 Å². The topological polar surface area (TPSA) is 90.3 Å². The van der Waals surface area contributed by atoms with Crippen molar-refractivity contribution in [2.45, 2.75) is 32.2 Å². The van der Waals surface area contributed by atoms with Gasteiger partial charge in [-0.1, -0.05) is 11.3 Å². The van der Waals surface area contributed by atoms with Crippen LogP contribution >= 0.6 is 12.4 Å². The summed E-state index contributed by atoms with van der Waals surface area (Å²) in [6.45, 7) is 4.87. The van der Waals surface area contributed by atoms with Crippen LogP contribution in [0.25, 0.3) is 0 Å². The molecule has 1 aliphatic rings. The number of nitrogens with one attached hydrogen (secondary N) is 2. The molecule has 1 aromatic carbocycles. The molecule has 2 aromatic rings. The molecule has 1 amide bonds. The molecule has 0 spiro atoms. The molecule has 154 valence electrons. The minimum atomic E-state index is -0.186. The van der Waals surface area contributed by atoms with Gasteiger partial charge in [0, 0.05) is 12.6 Å². The first kappa shape index (κ1) is 22.0. The Morgan fingerprint density at radius 1 is 1.32 bits per heavy atom. The summed E-state index contributed by atoms with van der Waals surface area (Å²) in [5.41, 5.74) is 1.23. The highest BCUT2D eigenvalue weighted by atomic mass is 35.5. The van der Waals surface area contributed by atoms with Crippen LogP contribution in [0.2, 0.25) is 0 Å². The lowest BCUT2D eigenvalue weighted by molar-refractivity contribution is 0.0946. The summed E-state index contributed by atoms with van der Waals surface area (Å²) in [5, 5.41) is 14.5. The minimum Gasteiger partial charge on any atom is -0.497 e. The molecule has 1 aliphatic heterocycles. The molecule has 2 heterocycles. The largest absolute Gasteiger partial charge is 0.497 e. The van der Waals surface area contributed by atoms with E-state index in [-0.39, 0.29) is 18.3 Å². The van der Waals surface area contributed by atoms with E-state index in [4.69, 9.17) is 9.47 Å². The van der Waals surface area contributed by atoms with E-state index < -0.39 is 0 Å². The van der Waals surface area contributed by atoms with Gasteiger partial charge in [0.1, 0.15) is 11.5 Å². The lowest BCUT2D eigenvalue weighted by Crippen LogP contribution is -2.30. The van der Waals surface area contributed by atoms with E-state index in [9.17, 15) is 4.79 Å². The van der Waals surface area contributed by atoms with E-state index in [1.807, 2.05) is 35.9 Å². The third kappa shape index (κ3) is 5.59. The van der Waals surface area contributed by atoms with Gasteiger partial charge in [0.15, 0.2) is 5.69 Å². The summed E-state index contributed by atoms with van der Waals surface area (Å²) in [7, 11) is 1.62. The molecule has 2 N–H and O–H groups in total. The van der Waals surface area contributed by atoms with Crippen molar-refractivity contribution in [3.8, 4) is 11.5 Å². The predicted octanol–water partition coefficient (Wildman–Crippen LogP) is 2.14. The second-order valence-corrected chi connectivity index (χ2v) is 6.59. The number of benzene rings is 1. The van der Waals surface area contributed by atoms with Crippen LogP contribution in [0.1, 0.15) is 41.5 Å². The van der Waals surface area contributed by atoms with Gasteiger partial charge in [-0.2, -0.15) is 0 Å². The van der Waals surface area contributed by atoms with Crippen LogP contribution in [0.15, 0.2) is 24.3 Å². The second-order valence-electron chi connectivity index (χ2n) is 6.59. The SMILES string of the molecule is COc1cccc(OCCCNC(=O)c2nnn(C3CCNCC3)c2C)c1.Cl. The van der Waals surface area contributed by atoms with Gasteiger partial charge in [0.2, 0.25) is 0 Å². The molecule has 9 heteroatoms. The molecule has 1 saturated heterocycles. The van der Waals surface area contributed by atoms with Crippen LogP contribution in [-0.4, -0.2) is 54.3 Å². The summed E-state index contributed by atoms with van der Waals surface area (Å²) >= 11 is 0. The van der Waals surface area contributed by atoms with Gasteiger partial charge in [-0.3, -0.25) is 4.79 Å². The highest BCUT2D eigenvalue weighted by Gasteiger charge is 2.22. The molecule has 0 atom stereocenters. The van der Waals surface area contributed by atoms with Crippen molar-refractivity contribution < 1.29 is 14.3 Å². The summed E-state index contributed by atoms with van der Waals surface area (Å²) < 4.78 is 12.7. The fourth-order valence-corrected chi connectivity index (χ4v) is 3.19. The molecule has 8 nitrogen and oxygen atoms in total. The Morgan fingerprint density at radius 2 is 2.07 bits per heavy atom. The fourth-order valence-electron chi connectivity index (χ4n) is 3.19. The van der Waals surface area contributed by atoms with Crippen LogP contribution in [0.5, 0.6) is 11.5 Å². The van der Waals surface area contributed by atoms with Crippen molar-refractivity contribution in [1.29, 1.82) is 0 Å². The number of carbonyl (C=O) groups excluding carboxylic acids is 1. The first-order chi connectivity index (χ1) is 13.2. The van der Waals surface area contributed by atoms with Crippen molar-refractivity contribution in [2.75, 3.05) is 33.4 Å². The molecule has 0 saturated carbocycles. The normalized spacial score (nSPS) is 14.2. The van der Waals surface area contributed by atoms with Crippen LogP contribution in [0.3, 0.4) is 0 Å². The van der Waals surface area contributed by atoms with Gasteiger partial charge < -0.3 is 20.1 Å². The maximum Gasteiger partial charge on any atom is 0.273 e. The molecule has 1 fully saturated rings. The second kappa shape index (κ2) is 10.9. The van der Waals surface area contributed by atoms with Crippen molar-refractivity contribution in [1.82, 2.24) is 25.6 Å². The van der Waals surface area contributed by atoms with Gasteiger partial charge in [-0.25, -0.2) is 4.68 Å². The van der Waals surface area contributed by atoms with Crippen LogP contribution in [-0.2, 0) is 0 Å². The van der Waals surface area contributed by atoms with Crippen molar-refractivity contribution in [3.63, 3.8) is 0 Å². The Bertz CT molecular complexity index is 762. The van der Waals surface area contributed by atoms with E-state index in [2.05, 4.69) is 20.9 Å². The van der Waals surface area contributed by atoms with Gasteiger partial charge in [-0.15, -0.1) is 17.5 Å². The third-order valence-corrected chi connectivity index (χ3v) is 4.71. The Kier molecular flexibility index (Phi) is 8.53. The van der Waals surface area contributed by atoms with Crippen molar-refractivity contribution >= 4 is 18.3 Å². The Labute approximate surface area is 171 Å². The number of amides is 1. The summed E-state index contributed by atoms with van der Waals surface area (Å²) in [6, 6.07) is 7.78. The van der Waals surface area contributed by atoms with Gasteiger partial charge >= 0.3 is 0 Å². The zero-order chi connectivity index (χ0) is 19.1. The molecular weight excluding hydrogens is 382 g/mol. The standard InChI is InChI=1S/C19H27N5O3.ClH/c1-14-18(22-23-24(14)15-7-10-20-11-8-15)19(25)21-9-4-12-27-17-6-3-5-16(13-17)26-2;/h3,5-6,13,15,20H,4,7-12H2,1-2H3,(H,21,25);1H. The lowest BCUT2D eigenvalue weighted by atomic mass is 10.1. The number of hydrogen-bond acceptors (Lipinski definition) is 6. The Balaban J connectivity index is 0.00000280. The van der Waals surface area contributed by atoms with E-state index in [1.165, 1.54) is 0 Å². The number of aromatic nitrogens is 3. The average Bonchev–Trinajstić information content (AvgIpc) is 3.10. The lowest BCUT2D eigenvalue weighted by Gasteiger charge is -2.23. The number of nitrogens with zero attached hydrogens (tertiary/aromatic N) is 3. The van der Waals surface area contributed by atoms with Crippen LogP contribution in [0, 0.1) is 6.92 Å². The summed E-state index contributed by atoms with van der Waals surface area (Å²) in [5.74, 6) is 1.32. The van der Waals surface area contributed by atoms with E-state index >= 15 is 0 Å². The quantitative estimate of drug-likeness (QED) is 0.649. The number of halogens is 1. The number of ether oxygens (including phenoxy) is 2. The summed E-state index contributed by atoms with van der Waals surface area (Å²) in [4.78, 5) is 12.4. The number of carbonyl (C=O) groups is 1. The monoisotopic (exact) mass is 409 g/mol. The molecular formula is C19H28ClN5O3. The average molecular weight is 410 g/mol. The smallest absolute Gasteiger partial charge is 0.273 e. The highest BCUT2D eigenvalue weighted by molar-refractivity contribution is 5.93. The zero-order valence-corrected chi connectivity index (χ0v) is 17.1. The molecule has 0 radical (unpaired) electrons. The maximum atomic E-state index is 12.4. The molecule has 0 aliphatic carbocycles. The molecule has 28 heavy (non-hydrogen) atoms. The number of methoxy groups -OCH3 is 1. The molecule has 0 bridgehead atoms. The Morgan fingerprint density at radius 3 is 2.82 bits per heavy atom. The van der Waals surface area contributed by atoms with Gasteiger partial charge in [0.05, 0.1) is 25.5 Å². The van der Waals surface area contributed by atoms with E-state index in [0.717, 1.165) is 43.1 Å². The third-order valence-electron chi connectivity index (χ3n) is 4.71. The minimum absolute atomic E-state index is 0. The molecule has 1 aromatic heterocycles. The van der Waals surface area contributed by atoms with Crippen molar-refractivity contribution in [3.05, 3.63) is 35.7 Å². The van der Waals surface area contributed by atoms with Crippen molar-refractivity contribution in [2.24, 2.45) is 0 Å². The summed E-state index contributed by atoms with van der Waals surface area (Å²) in [6.07, 6.45) is 2.71. The number of piperidine rings is 1. The maximum absolute atomic E-state index is 12.4. The number of hydrogen-bond donors (Lipinski definition) is 2. The zero-order valence-electron chi connectivity index (χ0n) is 16.3. The van der Waals surface area contributed by atoms with E-state index in [0.29, 0.717) is 31.3 Å². The highest BCUT2D eigenvalue weighted by Crippen LogP contribution is 2.20. The first-order valence-corrected chi connectivity index (χ1v) is 9.36. The van der Waals surface area contributed by atoms with E-state index in [1.54, 1.807) is 7.11 Å². The fraction of sp³-hybridized carbons (Fsp3) is 0.526. The molecule has 3 rings (SSSR count). The van der Waals surface area contributed by atoms with Gasteiger partial charge in [-0.05, 0) is 51.4 Å². The molecule has 0 unspecified atom stereocenters. The van der Waals surface area contributed by atoms with Gasteiger partial charge in [0.25, 0.3) is 5.91 Å². The predicted molar refractivity (Wildman–Crippen MR) is 109 cm³/mol. The Hall–Kier alpha value is -2.32. The number of rotatable bonds is 8. The van der Waals surface area contributed by atoms with Crippen LogP contribution < -0.4 is 20.1 Å². The first-order valence-electron chi connectivity index (χ1n) is 9.36.